The lowest BCUT2D eigenvalue weighted by Gasteiger charge is -2.14. The molecule has 2 nitrogen and oxygen atoms in total. The fourth-order valence-corrected chi connectivity index (χ4v) is 1.71. The van der Waals surface area contributed by atoms with Gasteiger partial charge in [-0.25, -0.2) is 4.39 Å². The summed E-state index contributed by atoms with van der Waals surface area (Å²) in [6.07, 6.45) is -4.59. The topological polar surface area (TPSA) is 35.2 Å². The summed E-state index contributed by atoms with van der Waals surface area (Å²) in [5, 5.41) is -0.237. The van der Waals surface area contributed by atoms with Crippen LogP contribution in [-0.2, 0) is 6.18 Å². The fraction of sp³-hybridized carbons (Fsp3) is 0.0769. The summed E-state index contributed by atoms with van der Waals surface area (Å²) >= 11 is 5.50. The number of benzene rings is 2. The van der Waals surface area contributed by atoms with Crippen LogP contribution in [0, 0.1) is 5.82 Å². The van der Waals surface area contributed by atoms with Gasteiger partial charge in [-0.2, -0.15) is 13.2 Å². The average molecular weight is 306 g/mol. The number of hydrogen-bond donors (Lipinski definition) is 1. The van der Waals surface area contributed by atoms with Gasteiger partial charge in [0, 0.05) is 6.07 Å². The van der Waals surface area contributed by atoms with E-state index >= 15 is 0 Å². The molecule has 0 heterocycles. The first-order valence-electron chi connectivity index (χ1n) is 5.37. The normalized spacial score (nSPS) is 11.4. The highest BCUT2D eigenvalue weighted by Crippen LogP contribution is 2.39. The second-order valence-electron chi connectivity index (χ2n) is 3.90. The maximum Gasteiger partial charge on any atom is 0.419 e. The minimum absolute atomic E-state index is 0.0617. The van der Waals surface area contributed by atoms with Crippen LogP contribution in [0.15, 0.2) is 36.4 Å². The van der Waals surface area contributed by atoms with E-state index < -0.39 is 23.3 Å². The molecule has 0 aliphatic rings. The van der Waals surface area contributed by atoms with Crippen LogP contribution >= 0.6 is 11.6 Å². The first kappa shape index (κ1) is 14.5. The zero-order valence-electron chi connectivity index (χ0n) is 9.84. The van der Waals surface area contributed by atoms with E-state index in [9.17, 15) is 17.6 Å². The Morgan fingerprint density at radius 2 is 1.70 bits per heavy atom. The van der Waals surface area contributed by atoms with Crippen molar-refractivity contribution in [1.29, 1.82) is 0 Å². The van der Waals surface area contributed by atoms with Crippen LogP contribution in [0.25, 0.3) is 0 Å². The van der Waals surface area contributed by atoms with Crippen molar-refractivity contribution in [3.63, 3.8) is 0 Å². The van der Waals surface area contributed by atoms with Gasteiger partial charge >= 0.3 is 6.18 Å². The first-order valence-corrected chi connectivity index (χ1v) is 5.75. The van der Waals surface area contributed by atoms with Crippen molar-refractivity contribution < 1.29 is 22.3 Å². The monoisotopic (exact) mass is 305 g/mol. The Kier molecular flexibility index (Phi) is 3.76. The van der Waals surface area contributed by atoms with Gasteiger partial charge < -0.3 is 10.5 Å². The zero-order valence-corrected chi connectivity index (χ0v) is 10.6. The van der Waals surface area contributed by atoms with E-state index in [4.69, 9.17) is 22.1 Å². The van der Waals surface area contributed by atoms with Crippen LogP contribution in [0.4, 0.5) is 23.2 Å². The molecule has 0 aliphatic carbocycles. The Morgan fingerprint density at radius 1 is 1.05 bits per heavy atom. The number of anilines is 1. The van der Waals surface area contributed by atoms with E-state index in [1.165, 1.54) is 12.1 Å². The number of para-hydroxylation sites is 1. The predicted octanol–water partition coefficient (Wildman–Crippen LogP) is 4.87. The van der Waals surface area contributed by atoms with Gasteiger partial charge in [0.15, 0.2) is 5.75 Å². The maximum absolute atomic E-state index is 13.3. The third kappa shape index (κ3) is 2.96. The van der Waals surface area contributed by atoms with Gasteiger partial charge in [0.2, 0.25) is 0 Å². The van der Waals surface area contributed by atoms with E-state index in [0.717, 1.165) is 24.3 Å². The number of nitrogens with two attached hydrogens (primary N) is 1. The summed E-state index contributed by atoms with van der Waals surface area (Å²) in [5.74, 6) is -1.53. The summed E-state index contributed by atoms with van der Waals surface area (Å²) in [7, 11) is 0. The largest absolute Gasteiger partial charge is 0.454 e. The third-order valence-corrected chi connectivity index (χ3v) is 2.75. The van der Waals surface area contributed by atoms with Crippen molar-refractivity contribution in [3.05, 3.63) is 52.8 Å². The Hall–Kier alpha value is -1.95. The minimum Gasteiger partial charge on any atom is -0.454 e. The predicted molar refractivity (Wildman–Crippen MR) is 67.3 cm³/mol. The lowest BCUT2D eigenvalue weighted by atomic mass is 10.2. The van der Waals surface area contributed by atoms with Crippen molar-refractivity contribution in [2.45, 2.75) is 6.18 Å². The second kappa shape index (κ2) is 5.20. The van der Waals surface area contributed by atoms with Crippen LogP contribution in [-0.4, -0.2) is 0 Å². The van der Waals surface area contributed by atoms with Gasteiger partial charge in [-0.3, -0.25) is 0 Å². The molecule has 7 heteroatoms. The molecule has 0 aliphatic heterocycles. The van der Waals surface area contributed by atoms with E-state index in [1.807, 2.05) is 0 Å². The van der Waals surface area contributed by atoms with Crippen LogP contribution in [0.5, 0.6) is 11.5 Å². The molecule has 0 bridgehead atoms. The Bertz CT molecular complexity index is 643. The lowest BCUT2D eigenvalue weighted by molar-refractivity contribution is -0.138. The molecule has 2 aromatic rings. The lowest BCUT2D eigenvalue weighted by Crippen LogP contribution is -2.07. The highest BCUT2D eigenvalue weighted by molar-refractivity contribution is 6.31. The van der Waals surface area contributed by atoms with E-state index in [-0.39, 0.29) is 16.5 Å². The highest BCUT2D eigenvalue weighted by Gasteiger charge is 2.34. The van der Waals surface area contributed by atoms with Crippen LogP contribution < -0.4 is 10.5 Å². The number of rotatable bonds is 2. The molecule has 0 spiro atoms. The fourth-order valence-electron chi connectivity index (χ4n) is 1.54. The second-order valence-corrected chi connectivity index (χ2v) is 4.31. The van der Waals surface area contributed by atoms with Crippen LogP contribution in [0.3, 0.4) is 0 Å². The molecule has 106 valence electrons. The van der Waals surface area contributed by atoms with Gasteiger partial charge in [0.1, 0.15) is 11.6 Å². The number of hydrogen-bond acceptors (Lipinski definition) is 2. The average Bonchev–Trinajstić information content (AvgIpc) is 2.35. The molecule has 0 atom stereocenters. The van der Waals surface area contributed by atoms with Gasteiger partial charge in [0.25, 0.3) is 0 Å². The molecule has 2 rings (SSSR count). The van der Waals surface area contributed by atoms with Crippen molar-refractivity contribution in [1.82, 2.24) is 0 Å². The molecular formula is C13H8ClF4NO. The quantitative estimate of drug-likeness (QED) is 0.634. The molecule has 0 saturated carbocycles. The summed E-state index contributed by atoms with van der Waals surface area (Å²) in [4.78, 5) is 0. The van der Waals surface area contributed by atoms with Gasteiger partial charge in [0.05, 0.1) is 16.3 Å². The van der Waals surface area contributed by atoms with E-state index in [2.05, 4.69) is 0 Å². The number of alkyl halides is 3. The molecule has 2 aromatic carbocycles. The molecular weight excluding hydrogens is 298 g/mol. The smallest absolute Gasteiger partial charge is 0.419 e. The Labute approximate surface area is 116 Å². The number of ether oxygens (including phenoxy) is 1. The van der Waals surface area contributed by atoms with Gasteiger partial charge in [-0.05, 0) is 18.2 Å². The summed E-state index contributed by atoms with van der Waals surface area (Å²) < 4.78 is 56.7. The maximum atomic E-state index is 13.3. The van der Waals surface area contributed by atoms with Crippen molar-refractivity contribution in [2.24, 2.45) is 0 Å². The van der Waals surface area contributed by atoms with E-state index in [0.29, 0.717) is 0 Å². The molecule has 0 aromatic heterocycles. The Balaban J connectivity index is 2.43. The standard InChI is InChI=1S/C13H8ClF4NO/c14-8-5-10(19)12(6-9(8)15)20-11-4-2-1-3-7(11)13(16,17)18/h1-6H,19H2. The Morgan fingerprint density at radius 3 is 2.35 bits per heavy atom. The summed E-state index contributed by atoms with van der Waals surface area (Å²) in [6, 6.07) is 6.48. The first-order chi connectivity index (χ1) is 9.29. The minimum atomic E-state index is -4.59. The van der Waals surface area contributed by atoms with Crippen molar-refractivity contribution in [2.75, 3.05) is 5.73 Å². The molecule has 0 fully saturated rings. The molecule has 0 radical (unpaired) electrons. The molecule has 2 N–H and O–H groups in total. The molecule has 0 amide bonds. The molecule has 0 saturated heterocycles. The number of halogens is 5. The summed E-state index contributed by atoms with van der Waals surface area (Å²) in [6.45, 7) is 0. The molecule has 0 unspecified atom stereocenters. The van der Waals surface area contributed by atoms with E-state index in [1.54, 1.807) is 0 Å². The van der Waals surface area contributed by atoms with Crippen LogP contribution in [0.1, 0.15) is 5.56 Å². The number of nitrogen functional groups attached to an aromatic ring is 1. The van der Waals surface area contributed by atoms with Gasteiger partial charge in [-0.15, -0.1) is 0 Å². The van der Waals surface area contributed by atoms with Crippen molar-refractivity contribution in [3.8, 4) is 11.5 Å². The van der Waals surface area contributed by atoms with Crippen molar-refractivity contribution >= 4 is 17.3 Å². The third-order valence-electron chi connectivity index (χ3n) is 2.47. The molecule has 20 heavy (non-hydrogen) atoms. The SMILES string of the molecule is Nc1cc(Cl)c(F)cc1Oc1ccccc1C(F)(F)F. The van der Waals surface area contributed by atoms with Gasteiger partial charge in [-0.1, -0.05) is 23.7 Å². The zero-order chi connectivity index (χ0) is 14.9. The van der Waals surface area contributed by atoms with Crippen LogP contribution in [0.2, 0.25) is 5.02 Å². The highest BCUT2D eigenvalue weighted by atomic mass is 35.5. The summed E-state index contributed by atoms with van der Waals surface area (Å²) in [5.41, 5.74) is 4.50.